The molecular weight excluding hydrogens is 266 g/mol. The lowest BCUT2D eigenvalue weighted by molar-refractivity contribution is 0.0225. The first-order chi connectivity index (χ1) is 9.87. The molecule has 0 radical (unpaired) electrons. The maximum absolute atomic E-state index is 12.2. The number of likely N-dealkylation sites (tertiary alicyclic amines) is 1. The average Bonchev–Trinajstić information content (AvgIpc) is 3.04. The fourth-order valence-corrected chi connectivity index (χ4v) is 2.65. The zero-order valence-electron chi connectivity index (χ0n) is 13.5. The van der Waals surface area contributed by atoms with Crippen LogP contribution < -0.4 is 5.32 Å². The van der Waals surface area contributed by atoms with E-state index < -0.39 is 5.60 Å². The van der Waals surface area contributed by atoms with Crippen LogP contribution in [0, 0.1) is 0 Å². The summed E-state index contributed by atoms with van der Waals surface area (Å²) in [5.74, 6) is 0. The number of carbonyl (C=O) groups is 1. The van der Waals surface area contributed by atoms with Crippen LogP contribution in [-0.2, 0) is 4.74 Å². The second-order valence-electron chi connectivity index (χ2n) is 6.73. The first-order valence-corrected chi connectivity index (χ1v) is 7.73. The Bertz CT molecular complexity index is 451. The van der Waals surface area contributed by atoms with Crippen molar-refractivity contribution in [2.24, 2.45) is 0 Å². The predicted octanol–water partition coefficient (Wildman–Crippen LogP) is 3.06. The number of hydrogen-bond donors (Lipinski definition) is 2. The van der Waals surface area contributed by atoms with E-state index in [1.54, 1.807) is 0 Å². The topological polar surface area (TPSA) is 57.4 Å². The van der Waals surface area contributed by atoms with Crippen molar-refractivity contribution in [1.82, 2.24) is 15.2 Å². The van der Waals surface area contributed by atoms with Crippen LogP contribution in [0.15, 0.2) is 18.3 Å². The van der Waals surface area contributed by atoms with E-state index in [1.807, 2.05) is 37.9 Å². The summed E-state index contributed by atoms with van der Waals surface area (Å²) in [5, 5.41) is 3.49. The fraction of sp³-hybridized carbons (Fsp3) is 0.688. The van der Waals surface area contributed by atoms with Crippen molar-refractivity contribution in [1.29, 1.82) is 0 Å². The van der Waals surface area contributed by atoms with Crippen LogP contribution in [0.5, 0.6) is 0 Å². The lowest BCUT2D eigenvalue weighted by atomic mass is 10.2. The monoisotopic (exact) mass is 293 g/mol. The standard InChI is InChI=1S/C16H27N3O2/c1-12(14-8-5-9-17-14)18-11-13-7-6-10-19(13)15(20)21-16(2,3)4/h5,8-9,12-13,17-18H,6-7,10-11H2,1-4H3/t12-,13+/m1/s1. The van der Waals surface area contributed by atoms with E-state index in [0.717, 1.165) is 31.6 Å². The van der Waals surface area contributed by atoms with Crippen LogP contribution in [0.3, 0.4) is 0 Å². The molecule has 0 spiro atoms. The van der Waals surface area contributed by atoms with E-state index in [2.05, 4.69) is 23.3 Å². The van der Waals surface area contributed by atoms with Crippen molar-refractivity contribution >= 4 is 6.09 Å². The van der Waals surface area contributed by atoms with Gasteiger partial charge >= 0.3 is 6.09 Å². The molecule has 1 fully saturated rings. The quantitative estimate of drug-likeness (QED) is 0.897. The first kappa shape index (κ1) is 15.9. The van der Waals surface area contributed by atoms with Gasteiger partial charge in [-0.1, -0.05) is 0 Å². The van der Waals surface area contributed by atoms with Crippen LogP contribution >= 0.6 is 0 Å². The summed E-state index contributed by atoms with van der Waals surface area (Å²) in [6.07, 6.45) is 3.81. The summed E-state index contributed by atoms with van der Waals surface area (Å²) in [6.45, 7) is 9.42. The van der Waals surface area contributed by atoms with E-state index in [0.29, 0.717) is 0 Å². The van der Waals surface area contributed by atoms with E-state index in [9.17, 15) is 4.79 Å². The summed E-state index contributed by atoms with van der Waals surface area (Å²) in [7, 11) is 0. The van der Waals surface area contributed by atoms with E-state index in [4.69, 9.17) is 4.74 Å². The Kier molecular flexibility index (Phi) is 4.93. The van der Waals surface area contributed by atoms with E-state index >= 15 is 0 Å². The molecule has 2 atom stereocenters. The molecule has 21 heavy (non-hydrogen) atoms. The first-order valence-electron chi connectivity index (χ1n) is 7.73. The third kappa shape index (κ3) is 4.49. The largest absolute Gasteiger partial charge is 0.444 e. The Labute approximate surface area is 127 Å². The van der Waals surface area contributed by atoms with Gasteiger partial charge in [0.25, 0.3) is 0 Å². The van der Waals surface area contributed by atoms with Crippen molar-refractivity contribution in [2.45, 2.75) is 58.2 Å². The highest BCUT2D eigenvalue weighted by atomic mass is 16.6. The molecule has 1 aromatic rings. The second-order valence-corrected chi connectivity index (χ2v) is 6.73. The van der Waals surface area contributed by atoms with Gasteiger partial charge in [-0.25, -0.2) is 4.79 Å². The molecule has 2 N–H and O–H groups in total. The molecule has 5 nitrogen and oxygen atoms in total. The van der Waals surface area contributed by atoms with Crippen molar-refractivity contribution in [3.05, 3.63) is 24.0 Å². The van der Waals surface area contributed by atoms with Gasteiger partial charge in [-0.2, -0.15) is 0 Å². The summed E-state index contributed by atoms with van der Waals surface area (Å²) in [5.41, 5.74) is 0.728. The van der Waals surface area contributed by atoms with Gasteiger partial charge in [0, 0.05) is 37.1 Å². The maximum Gasteiger partial charge on any atom is 0.410 e. The molecule has 1 amide bonds. The highest BCUT2D eigenvalue weighted by Crippen LogP contribution is 2.21. The molecule has 1 saturated heterocycles. The highest BCUT2D eigenvalue weighted by Gasteiger charge is 2.32. The predicted molar refractivity (Wildman–Crippen MR) is 83.2 cm³/mol. The fourth-order valence-electron chi connectivity index (χ4n) is 2.65. The van der Waals surface area contributed by atoms with Gasteiger partial charge in [0.15, 0.2) is 0 Å². The molecule has 0 saturated carbocycles. The number of amides is 1. The number of nitrogens with zero attached hydrogens (tertiary/aromatic N) is 1. The van der Waals surface area contributed by atoms with Crippen molar-refractivity contribution in [3.8, 4) is 0 Å². The molecule has 0 aromatic carbocycles. The van der Waals surface area contributed by atoms with E-state index in [-0.39, 0.29) is 18.2 Å². The zero-order valence-corrected chi connectivity index (χ0v) is 13.5. The summed E-state index contributed by atoms with van der Waals surface area (Å²) in [6, 6.07) is 4.53. The number of nitrogens with one attached hydrogen (secondary N) is 2. The minimum atomic E-state index is -0.435. The summed E-state index contributed by atoms with van der Waals surface area (Å²) in [4.78, 5) is 17.3. The number of rotatable bonds is 4. The number of carbonyl (C=O) groups excluding carboxylic acids is 1. The lowest BCUT2D eigenvalue weighted by Crippen LogP contribution is -2.44. The van der Waals surface area contributed by atoms with Gasteiger partial charge in [0.05, 0.1) is 0 Å². The molecule has 2 rings (SSSR count). The molecule has 1 aromatic heterocycles. The Morgan fingerprint density at radius 3 is 2.95 bits per heavy atom. The number of hydrogen-bond acceptors (Lipinski definition) is 3. The number of ether oxygens (including phenoxy) is 1. The van der Waals surface area contributed by atoms with Crippen LogP contribution in [-0.4, -0.2) is 40.7 Å². The zero-order chi connectivity index (χ0) is 15.5. The molecule has 1 aliphatic rings. The second kappa shape index (κ2) is 6.52. The molecule has 5 heteroatoms. The average molecular weight is 293 g/mol. The highest BCUT2D eigenvalue weighted by molar-refractivity contribution is 5.69. The minimum absolute atomic E-state index is 0.195. The number of H-pyrrole nitrogens is 1. The summed E-state index contributed by atoms with van der Waals surface area (Å²) >= 11 is 0. The van der Waals surface area contributed by atoms with Gasteiger partial charge in [-0.05, 0) is 52.7 Å². The Hall–Kier alpha value is -1.49. The molecule has 1 aliphatic heterocycles. The van der Waals surface area contributed by atoms with Gasteiger partial charge in [-0.15, -0.1) is 0 Å². The molecule has 0 unspecified atom stereocenters. The lowest BCUT2D eigenvalue weighted by Gasteiger charge is -2.29. The minimum Gasteiger partial charge on any atom is -0.444 e. The van der Waals surface area contributed by atoms with Crippen LogP contribution in [0.4, 0.5) is 4.79 Å². The SMILES string of the molecule is C[C@@H](NC[C@@H]1CCCN1C(=O)OC(C)(C)C)c1ccc[nH]1. The molecule has 0 bridgehead atoms. The Morgan fingerprint density at radius 1 is 1.57 bits per heavy atom. The molecule has 0 aliphatic carbocycles. The smallest absolute Gasteiger partial charge is 0.410 e. The van der Waals surface area contributed by atoms with Crippen molar-refractivity contribution < 1.29 is 9.53 Å². The number of aromatic amines is 1. The third-order valence-corrected chi connectivity index (χ3v) is 3.75. The molecule has 2 heterocycles. The van der Waals surface area contributed by atoms with E-state index in [1.165, 1.54) is 0 Å². The Balaban J connectivity index is 1.86. The number of aromatic nitrogens is 1. The molecule has 118 valence electrons. The summed E-state index contributed by atoms with van der Waals surface area (Å²) < 4.78 is 5.48. The third-order valence-electron chi connectivity index (χ3n) is 3.75. The van der Waals surface area contributed by atoms with Crippen LogP contribution in [0.1, 0.15) is 52.3 Å². The van der Waals surface area contributed by atoms with Gasteiger partial charge in [0.2, 0.25) is 0 Å². The Morgan fingerprint density at radius 2 is 2.33 bits per heavy atom. The normalized spacial score (nSPS) is 20.6. The van der Waals surface area contributed by atoms with Crippen LogP contribution in [0.2, 0.25) is 0 Å². The van der Waals surface area contributed by atoms with Gasteiger partial charge in [0.1, 0.15) is 5.60 Å². The van der Waals surface area contributed by atoms with Crippen molar-refractivity contribution in [2.75, 3.05) is 13.1 Å². The van der Waals surface area contributed by atoms with Crippen molar-refractivity contribution in [3.63, 3.8) is 0 Å². The van der Waals surface area contributed by atoms with Crippen LogP contribution in [0.25, 0.3) is 0 Å². The van der Waals surface area contributed by atoms with Gasteiger partial charge < -0.3 is 19.9 Å². The van der Waals surface area contributed by atoms with Gasteiger partial charge in [-0.3, -0.25) is 0 Å². The maximum atomic E-state index is 12.2. The molecular formula is C16H27N3O2.